The summed E-state index contributed by atoms with van der Waals surface area (Å²) in [6, 6.07) is 8.06. The van der Waals surface area contributed by atoms with Crippen molar-refractivity contribution in [2.75, 3.05) is 18.5 Å². The van der Waals surface area contributed by atoms with E-state index < -0.39 is 11.7 Å². The minimum atomic E-state index is -0.495. The molecule has 2 N–H and O–H groups in total. The second-order valence-electron chi connectivity index (χ2n) is 7.01. The first kappa shape index (κ1) is 17.8. The third-order valence-corrected chi connectivity index (χ3v) is 3.73. The number of anilines is 1. The van der Waals surface area contributed by atoms with E-state index in [2.05, 4.69) is 17.6 Å². The summed E-state index contributed by atoms with van der Waals surface area (Å²) in [4.78, 5) is 11.7. The van der Waals surface area contributed by atoms with Crippen LogP contribution in [0, 0.1) is 0 Å². The first-order valence-electron chi connectivity index (χ1n) is 8.28. The second kappa shape index (κ2) is 7.79. The summed E-state index contributed by atoms with van der Waals surface area (Å²) in [5.74, 6) is 0. The Hall–Kier alpha value is -1.59. The Labute approximate surface area is 138 Å². The zero-order valence-corrected chi connectivity index (χ0v) is 14.5. The van der Waals surface area contributed by atoms with Gasteiger partial charge in [-0.2, -0.15) is 0 Å². The molecule has 0 spiro atoms. The van der Waals surface area contributed by atoms with Crippen LogP contribution in [0.1, 0.15) is 52.1 Å². The predicted octanol–water partition coefficient (Wildman–Crippen LogP) is 3.86. The van der Waals surface area contributed by atoms with Crippen LogP contribution in [-0.4, -0.2) is 30.9 Å². The number of hydrogen-bond acceptors (Lipinski definition) is 4. The molecule has 23 heavy (non-hydrogen) atoms. The summed E-state index contributed by atoms with van der Waals surface area (Å²) < 4.78 is 10.9. The van der Waals surface area contributed by atoms with E-state index in [9.17, 15) is 4.79 Å². The van der Waals surface area contributed by atoms with E-state index in [0.29, 0.717) is 6.10 Å². The second-order valence-corrected chi connectivity index (χ2v) is 7.01. The molecule has 5 nitrogen and oxygen atoms in total. The predicted molar refractivity (Wildman–Crippen MR) is 91.7 cm³/mol. The maximum absolute atomic E-state index is 11.7. The first-order chi connectivity index (χ1) is 10.8. The maximum atomic E-state index is 11.7. The SMILES string of the molecule is CC(NCC1CCCO1)c1ccc(NC(=O)OC(C)(C)C)cc1. The van der Waals surface area contributed by atoms with E-state index in [1.807, 2.05) is 45.0 Å². The first-order valence-corrected chi connectivity index (χ1v) is 8.28. The number of carbonyl (C=O) groups is 1. The molecule has 1 saturated heterocycles. The molecule has 0 radical (unpaired) electrons. The molecule has 0 aromatic heterocycles. The molecule has 0 saturated carbocycles. The van der Waals surface area contributed by atoms with Crippen molar-refractivity contribution >= 4 is 11.8 Å². The van der Waals surface area contributed by atoms with Gasteiger partial charge in [0.1, 0.15) is 5.60 Å². The zero-order valence-electron chi connectivity index (χ0n) is 14.5. The highest BCUT2D eigenvalue weighted by Crippen LogP contribution is 2.18. The van der Waals surface area contributed by atoms with Crippen LogP contribution < -0.4 is 10.6 Å². The van der Waals surface area contributed by atoms with Gasteiger partial charge in [0.2, 0.25) is 0 Å². The Morgan fingerprint density at radius 2 is 2.04 bits per heavy atom. The fourth-order valence-corrected chi connectivity index (χ4v) is 2.51. The number of amides is 1. The monoisotopic (exact) mass is 320 g/mol. The molecule has 1 heterocycles. The van der Waals surface area contributed by atoms with Crippen LogP contribution in [0.25, 0.3) is 0 Å². The number of rotatable bonds is 5. The summed E-state index contributed by atoms with van der Waals surface area (Å²) in [6.45, 7) is 9.42. The minimum Gasteiger partial charge on any atom is -0.444 e. The van der Waals surface area contributed by atoms with Crippen LogP contribution in [0.3, 0.4) is 0 Å². The summed E-state index contributed by atoms with van der Waals surface area (Å²) in [7, 11) is 0. The van der Waals surface area contributed by atoms with Gasteiger partial charge in [-0.15, -0.1) is 0 Å². The van der Waals surface area contributed by atoms with E-state index >= 15 is 0 Å². The van der Waals surface area contributed by atoms with Gasteiger partial charge in [0.25, 0.3) is 0 Å². The van der Waals surface area contributed by atoms with Crippen LogP contribution in [0.15, 0.2) is 24.3 Å². The van der Waals surface area contributed by atoms with Crippen molar-refractivity contribution in [2.45, 2.75) is 58.3 Å². The Balaban J connectivity index is 1.82. The van der Waals surface area contributed by atoms with Crippen LogP contribution in [0.5, 0.6) is 0 Å². The maximum Gasteiger partial charge on any atom is 0.412 e. The van der Waals surface area contributed by atoms with Crippen LogP contribution in [-0.2, 0) is 9.47 Å². The van der Waals surface area contributed by atoms with Gasteiger partial charge in [-0.05, 0) is 58.2 Å². The van der Waals surface area contributed by atoms with Gasteiger partial charge in [-0.25, -0.2) is 4.79 Å². The van der Waals surface area contributed by atoms with Gasteiger partial charge < -0.3 is 14.8 Å². The summed E-state index contributed by atoms with van der Waals surface area (Å²) in [5.41, 5.74) is 1.41. The lowest BCUT2D eigenvalue weighted by molar-refractivity contribution is 0.0636. The lowest BCUT2D eigenvalue weighted by atomic mass is 10.1. The molecule has 1 aromatic carbocycles. The van der Waals surface area contributed by atoms with Crippen molar-refractivity contribution in [1.29, 1.82) is 0 Å². The van der Waals surface area contributed by atoms with Crippen molar-refractivity contribution in [3.05, 3.63) is 29.8 Å². The number of hydrogen-bond donors (Lipinski definition) is 2. The molecule has 1 aromatic rings. The highest BCUT2D eigenvalue weighted by Gasteiger charge is 2.17. The summed E-state index contributed by atoms with van der Waals surface area (Å²) >= 11 is 0. The summed E-state index contributed by atoms with van der Waals surface area (Å²) in [6.07, 6.45) is 2.20. The van der Waals surface area contributed by atoms with E-state index in [-0.39, 0.29) is 6.04 Å². The highest BCUT2D eigenvalue weighted by atomic mass is 16.6. The number of carbonyl (C=O) groups excluding carboxylic acids is 1. The molecule has 128 valence electrons. The van der Waals surface area contributed by atoms with Gasteiger partial charge in [-0.1, -0.05) is 12.1 Å². The van der Waals surface area contributed by atoms with Crippen LogP contribution in [0.4, 0.5) is 10.5 Å². The fraction of sp³-hybridized carbons (Fsp3) is 0.611. The fourth-order valence-electron chi connectivity index (χ4n) is 2.51. The molecule has 0 bridgehead atoms. The average molecular weight is 320 g/mol. The molecule has 2 rings (SSSR count). The molecule has 5 heteroatoms. The van der Waals surface area contributed by atoms with E-state index in [4.69, 9.17) is 9.47 Å². The third-order valence-electron chi connectivity index (χ3n) is 3.73. The molecule has 1 amide bonds. The Bertz CT molecular complexity index is 502. The number of benzene rings is 1. The van der Waals surface area contributed by atoms with E-state index in [0.717, 1.165) is 31.7 Å². The van der Waals surface area contributed by atoms with E-state index in [1.165, 1.54) is 5.56 Å². The Kier molecular flexibility index (Phi) is 6.02. The molecule has 1 fully saturated rings. The van der Waals surface area contributed by atoms with Gasteiger partial charge in [0.15, 0.2) is 0 Å². The molecule has 2 unspecified atom stereocenters. The largest absolute Gasteiger partial charge is 0.444 e. The summed E-state index contributed by atoms with van der Waals surface area (Å²) in [5, 5.41) is 6.23. The molecule has 1 aliphatic heterocycles. The lowest BCUT2D eigenvalue weighted by Gasteiger charge is -2.20. The molecular weight excluding hydrogens is 292 g/mol. The van der Waals surface area contributed by atoms with Crippen molar-refractivity contribution in [1.82, 2.24) is 5.32 Å². The molecule has 1 aliphatic rings. The highest BCUT2D eigenvalue weighted by molar-refractivity contribution is 5.84. The van der Waals surface area contributed by atoms with Gasteiger partial charge >= 0.3 is 6.09 Å². The lowest BCUT2D eigenvalue weighted by Crippen LogP contribution is -2.28. The number of ether oxygens (including phenoxy) is 2. The van der Waals surface area contributed by atoms with Gasteiger partial charge in [0, 0.05) is 24.9 Å². The topological polar surface area (TPSA) is 59.6 Å². The Morgan fingerprint density at radius 1 is 1.35 bits per heavy atom. The van der Waals surface area contributed by atoms with Crippen LogP contribution in [0.2, 0.25) is 0 Å². The van der Waals surface area contributed by atoms with Crippen LogP contribution >= 0.6 is 0 Å². The minimum absolute atomic E-state index is 0.245. The van der Waals surface area contributed by atoms with Gasteiger partial charge in [-0.3, -0.25) is 5.32 Å². The third kappa shape index (κ3) is 6.20. The molecule has 0 aliphatic carbocycles. The van der Waals surface area contributed by atoms with Gasteiger partial charge in [0.05, 0.1) is 6.10 Å². The quantitative estimate of drug-likeness (QED) is 0.865. The van der Waals surface area contributed by atoms with Crippen molar-refractivity contribution in [2.24, 2.45) is 0 Å². The standard InChI is InChI=1S/C18H28N2O3/c1-13(19-12-16-6-5-11-22-16)14-7-9-15(10-8-14)20-17(21)23-18(2,3)4/h7-10,13,16,19H,5-6,11-12H2,1-4H3,(H,20,21). The Morgan fingerprint density at radius 3 is 2.61 bits per heavy atom. The molecular formula is C18H28N2O3. The number of nitrogens with one attached hydrogen (secondary N) is 2. The van der Waals surface area contributed by atoms with Crippen molar-refractivity contribution < 1.29 is 14.3 Å². The average Bonchev–Trinajstić information content (AvgIpc) is 2.96. The van der Waals surface area contributed by atoms with E-state index in [1.54, 1.807) is 0 Å². The molecule has 2 atom stereocenters. The smallest absolute Gasteiger partial charge is 0.412 e. The van der Waals surface area contributed by atoms with Crippen molar-refractivity contribution in [3.8, 4) is 0 Å². The zero-order chi connectivity index (χ0) is 16.9. The normalized spacial score (nSPS) is 19.4. The van der Waals surface area contributed by atoms with Crippen molar-refractivity contribution in [3.63, 3.8) is 0 Å².